The number of aryl methyl sites for hydroxylation is 2. The Kier molecular flexibility index (Phi) is 4.95. The van der Waals surface area contributed by atoms with Gasteiger partial charge in [0.15, 0.2) is 0 Å². The van der Waals surface area contributed by atoms with E-state index in [1.165, 1.54) is 0 Å². The number of anilines is 2. The van der Waals surface area contributed by atoms with Crippen LogP contribution in [0, 0.1) is 0 Å². The van der Waals surface area contributed by atoms with Gasteiger partial charge in [0.05, 0.1) is 17.1 Å². The molecular formula is C19H16F3N5OS. The molecule has 1 aliphatic heterocycles. The Morgan fingerprint density at radius 3 is 2.07 bits per heavy atom. The smallest absolute Gasteiger partial charge is 0.335 e. The van der Waals surface area contributed by atoms with Gasteiger partial charge in [0.25, 0.3) is 5.82 Å². The molecular weight excluding hydrogens is 403 g/mol. The van der Waals surface area contributed by atoms with E-state index in [-0.39, 0.29) is 16.8 Å². The Morgan fingerprint density at radius 2 is 1.55 bits per heavy atom. The maximum absolute atomic E-state index is 13.1. The summed E-state index contributed by atoms with van der Waals surface area (Å²) in [7, 11) is 0. The van der Waals surface area contributed by atoms with Crippen molar-refractivity contribution < 1.29 is 18.0 Å². The lowest BCUT2D eigenvalue weighted by Gasteiger charge is -2.24. The molecule has 10 heteroatoms. The van der Waals surface area contributed by atoms with Crippen molar-refractivity contribution in [1.82, 2.24) is 14.9 Å². The summed E-state index contributed by atoms with van der Waals surface area (Å²) in [5.41, 5.74) is 3.60. The highest BCUT2D eigenvalue weighted by Crippen LogP contribution is 2.37. The lowest BCUT2D eigenvalue weighted by molar-refractivity contribution is -0.146. The number of rotatable bonds is 3. The van der Waals surface area contributed by atoms with Gasteiger partial charge in [-0.3, -0.25) is 9.69 Å². The number of nitrogens with two attached hydrogens (primary N) is 1. The second-order valence-corrected chi connectivity index (χ2v) is 7.39. The van der Waals surface area contributed by atoms with Crippen LogP contribution in [0.4, 0.5) is 24.5 Å². The predicted molar refractivity (Wildman–Crippen MR) is 103 cm³/mol. The number of hydrogen-bond donors (Lipinski definition) is 1. The first-order chi connectivity index (χ1) is 13.9. The highest BCUT2D eigenvalue weighted by molar-refractivity contribution is 7.99. The van der Waals surface area contributed by atoms with E-state index < -0.39 is 12.0 Å². The van der Waals surface area contributed by atoms with Crippen molar-refractivity contribution in [1.29, 1.82) is 0 Å². The van der Waals surface area contributed by atoms with Gasteiger partial charge < -0.3 is 5.84 Å². The Hall–Kier alpha value is -3.01. The van der Waals surface area contributed by atoms with Gasteiger partial charge in [-0.15, -0.1) is 10.2 Å². The first kappa shape index (κ1) is 19.3. The van der Waals surface area contributed by atoms with Crippen LogP contribution >= 0.6 is 11.8 Å². The zero-order valence-electron chi connectivity index (χ0n) is 15.1. The summed E-state index contributed by atoms with van der Waals surface area (Å²) in [4.78, 5) is 14.8. The van der Waals surface area contributed by atoms with Crippen LogP contribution in [0.15, 0.2) is 53.7 Å². The number of benzene rings is 2. The molecule has 2 heterocycles. The molecule has 29 heavy (non-hydrogen) atoms. The lowest BCUT2D eigenvalue weighted by Crippen LogP contribution is -2.29. The average molecular weight is 419 g/mol. The van der Waals surface area contributed by atoms with Crippen molar-refractivity contribution in [2.75, 3.05) is 16.5 Å². The van der Waals surface area contributed by atoms with E-state index in [4.69, 9.17) is 5.84 Å². The minimum Gasteiger partial charge on any atom is -0.335 e. The molecule has 0 unspecified atom stereocenters. The van der Waals surface area contributed by atoms with E-state index in [0.717, 1.165) is 47.1 Å². The summed E-state index contributed by atoms with van der Waals surface area (Å²) in [6, 6.07) is 15.2. The highest BCUT2D eigenvalue weighted by atomic mass is 32.2. The summed E-state index contributed by atoms with van der Waals surface area (Å²) in [6.07, 6.45) is -3.14. The molecule has 0 saturated carbocycles. The molecule has 0 fully saturated rings. The van der Waals surface area contributed by atoms with Gasteiger partial charge >= 0.3 is 6.18 Å². The molecule has 150 valence electrons. The summed E-state index contributed by atoms with van der Waals surface area (Å²) in [5.74, 6) is 3.72. The fraction of sp³-hybridized carbons (Fsp3) is 0.211. The minimum atomic E-state index is -4.72. The third kappa shape index (κ3) is 3.67. The number of para-hydroxylation sites is 2. The molecule has 0 radical (unpaired) electrons. The zero-order chi connectivity index (χ0) is 20.6. The van der Waals surface area contributed by atoms with Crippen molar-refractivity contribution >= 4 is 29.0 Å². The van der Waals surface area contributed by atoms with Crippen LogP contribution in [-0.4, -0.2) is 26.5 Å². The standard InChI is InChI=1S/C19H16F3N5OS/c20-19(21,22)17-24-25-18(27(17)23)29-11-16(28)26-14-7-3-1-5-12(14)9-10-13-6-2-4-8-15(13)26/h1-8H,9-11,23H2. The van der Waals surface area contributed by atoms with E-state index in [0.29, 0.717) is 4.68 Å². The number of nitrogens with zero attached hydrogens (tertiary/aromatic N) is 4. The third-order valence-electron chi connectivity index (χ3n) is 4.62. The molecule has 2 N–H and O–H groups in total. The molecule has 0 atom stereocenters. The van der Waals surface area contributed by atoms with Crippen molar-refractivity contribution in [2.45, 2.75) is 24.2 Å². The molecule has 3 aromatic rings. The number of aromatic nitrogens is 3. The van der Waals surface area contributed by atoms with E-state index >= 15 is 0 Å². The number of alkyl halides is 3. The van der Waals surface area contributed by atoms with Gasteiger partial charge in [0.1, 0.15) is 0 Å². The van der Waals surface area contributed by atoms with E-state index in [9.17, 15) is 18.0 Å². The molecule has 1 aliphatic rings. The van der Waals surface area contributed by atoms with Crippen LogP contribution in [0.5, 0.6) is 0 Å². The number of fused-ring (bicyclic) bond motifs is 2. The number of amides is 1. The second-order valence-electron chi connectivity index (χ2n) is 6.45. The van der Waals surface area contributed by atoms with Crippen LogP contribution in [0.25, 0.3) is 0 Å². The maximum atomic E-state index is 13.1. The van der Waals surface area contributed by atoms with Crippen molar-refractivity contribution in [2.24, 2.45) is 0 Å². The van der Waals surface area contributed by atoms with Crippen LogP contribution < -0.4 is 10.7 Å². The molecule has 1 amide bonds. The molecule has 0 spiro atoms. The Bertz CT molecular complexity index is 1020. The normalized spacial score (nSPS) is 13.6. The second kappa shape index (κ2) is 7.43. The largest absolute Gasteiger partial charge is 0.453 e. The number of carbonyl (C=O) groups excluding carboxylic acids is 1. The van der Waals surface area contributed by atoms with E-state index in [2.05, 4.69) is 10.2 Å². The van der Waals surface area contributed by atoms with Gasteiger partial charge in [0.2, 0.25) is 11.1 Å². The molecule has 0 aliphatic carbocycles. The van der Waals surface area contributed by atoms with Gasteiger partial charge in [-0.2, -0.15) is 13.2 Å². The molecule has 1 aromatic heterocycles. The Morgan fingerprint density at radius 1 is 1.00 bits per heavy atom. The number of halogens is 3. The highest BCUT2D eigenvalue weighted by Gasteiger charge is 2.38. The lowest BCUT2D eigenvalue weighted by atomic mass is 10.0. The van der Waals surface area contributed by atoms with Gasteiger partial charge in [0, 0.05) is 0 Å². The summed E-state index contributed by atoms with van der Waals surface area (Å²) >= 11 is 0.815. The monoisotopic (exact) mass is 419 g/mol. The SMILES string of the molecule is Nn1c(SCC(=O)N2c3ccccc3CCc3ccccc32)nnc1C(F)(F)F. The predicted octanol–water partition coefficient (Wildman–Crippen LogP) is 3.57. The van der Waals surface area contributed by atoms with Crippen LogP contribution in [0.3, 0.4) is 0 Å². The quantitative estimate of drug-likeness (QED) is 0.519. The topological polar surface area (TPSA) is 77.0 Å². The third-order valence-corrected chi connectivity index (χ3v) is 5.55. The molecule has 0 saturated heterocycles. The summed E-state index contributed by atoms with van der Waals surface area (Å²) in [6.45, 7) is 0. The zero-order valence-corrected chi connectivity index (χ0v) is 15.9. The maximum Gasteiger partial charge on any atom is 0.453 e. The van der Waals surface area contributed by atoms with E-state index in [1.54, 1.807) is 4.90 Å². The Balaban J connectivity index is 1.63. The first-order valence-electron chi connectivity index (χ1n) is 8.75. The van der Waals surface area contributed by atoms with Crippen LogP contribution in [0.2, 0.25) is 0 Å². The van der Waals surface area contributed by atoms with Crippen molar-refractivity contribution in [3.63, 3.8) is 0 Å². The van der Waals surface area contributed by atoms with Crippen molar-refractivity contribution in [3.8, 4) is 0 Å². The summed E-state index contributed by atoms with van der Waals surface area (Å²) in [5, 5.41) is 6.37. The number of nitrogen functional groups attached to an aromatic ring is 1. The van der Waals surface area contributed by atoms with E-state index in [1.807, 2.05) is 48.5 Å². The van der Waals surface area contributed by atoms with Crippen LogP contribution in [-0.2, 0) is 23.8 Å². The molecule has 0 bridgehead atoms. The van der Waals surface area contributed by atoms with Gasteiger partial charge in [-0.05, 0) is 36.1 Å². The number of hydrogen-bond acceptors (Lipinski definition) is 5. The van der Waals surface area contributed by atoms with Crippen molar-refractivity contribution in [3.05, 3.63) is 65.5 Å². The minimum absolute atomic E-state index is 0.143. The fourth-order valence-electron chi connectivity index (χ4n) is 3.31. The molecule has 2 aromatic carbocycles. The molecule has 6 nitrogen and oxygen atoms in total. The van der Waals surface area contributed by atoms with Crippen LogP contribution in [0.1, 0.15) is 17.0 Å². The molecule has 4 rings (SSSR count). The number of carbonyl (C=O) groups is 1. The number of thioether (sulfide) groups is 1. The van der Waals surface area contributed by atoms with Gasteiger partial charge in [-0.1, -0.05) is 48.2 Å². The Labute approximate surface area is 168 Å². The van der Waals surface area contributed by atoms with Gasteiger partial charge in [-0.25, -0.2) is 4.68 Å². The average Bonchev–Trinajstić information content (AvgIpc) is 2.98. The summed E-state index contributed by atoms with van der Waals surface area (Å²) < 4.78 is 38.9. The fourth-order valence-corrected chi connectivity index (χ4v) is 4.01. The first-order valence-corrected chi connectivity index (χ1v) is 9.74.